The molecule has 0 aliphatic rings. The number of fused-ring (bicyclic) bond motifs is 2. The minimum Gasteiger partial charge on any atom is -0.755 e. The average molecular weight is 556 g/mol. The van der Waals surface area contributed by atoms with Crippen molar-refractivity contribution >= 4 is 39.3 Å². The molecule has 0 spiro atoms. The highest BCUT2D eigenvalue weighted by atomic mass is 32.2. The van der Waals surface area contributed by atoms with Crippen LogP contribution < -0.4 is 15.6 Å². The molecular formula is C27H23N8O4S-. The van der Waals surface area contributed by atoms with Gasteiger partial charge in [-0.1, -0.05) is 18.2 Å². The number of H-pyrrole nitrogens is 1. The van der Waals surface area contributed by atoms with Crippen LogP contribution in [-0.4, -0.2) is 43.0 Å². The molecule has 0 saturated carbocycles. The average Bonchev–Trinajstić information content (AvgIpc) is 3.53. The summed E-state index contributed by atoms with van der Waals surface area (Å²) in [6.45, 7) is 3.75. The van der Waals surface area contributed by atoms with E-state index >= 15 is 0 Å². The fourth-order valence-electron chi connectivity index (χ4n) is 4.83. The smallest absolute Gasteiger partial charge is 0.282 e. The Labute approximate surface area is 229 Å². The number of para-hydroxylation sites is 1. The molecule has 4 aromatic heterocycles. The van der Waals surface area contributed by atoms with Gasteiger partial charge in [-0.25, -0.2) is 14.5 Å². The molecule has 4 N–H and O–H groups in total. The highest BCUT2D eigenvalue weighted by Gasteiger charge is 2.22. The molecule has 12 nitrogen and oxygen atoms in total. The van der Waals surface area contributed by atoms with E-state index in [0.29, 0.717) is 45.0 Å². The van der Waals surface area contributed by atoms with Crippen LogP contribution in [0, 0.1) is 6.92 Å². The normalized spacial score (nSPS) is 13.0. The van der Waals surface area contributed by atoms with Gasteiger partial charge in [0, 0.05) is 41.0 Å². The number of nitrogens with one attached hydrogen (secondary N) is 3. The van der Waals surface area contributed by atoms with E-state index in [1.807, 2.05) is 50.2 Å². The van der Waals surface area contributed by atoms with E-state index < -0.39 is 17.3 Å². The molecule has 202 valence electrons. The minimum absolute atomic E-state index is 0.120. The number of phenols is 1. The van der Waals surface area contributed by atoms with Crippen molar-refractivity contribution in [2.45, 2.75) is 19.9 Å². The number of aromatic nitrogens is 6. The van der Waals surface area contributed by atoms with Crippen LogP contribution in [0.1, 0.15) is 24.4 Å². The molecule has 2 aromatic carbocycles. The first-order valence-electron chi connectivity index (χ1n) is 12.3. The fraction of sp³-hybridized carbons (Fsp3) is 0.111. The summed E-state index contributed by atoms with van der Waals surface area (Å²) in [5.41, 5.74) is 3.68. The second-order valence-electron chi connectivity index (χ2n) is 9.25. The number of benzene rings is 2. The van der Waals surface area contributed by atoms with E-state index in [0.717, 1.165) is 5.56 Å². The van der Waals surface area contributed by atoms with Crippen LogP contribution in [-0.2, 0) is 11.3 Å². The van der Waals surface area contributed by atoms with Gasteiger partial charge in [0.25, 0.3) is 5.56 Å². The fourth-order valence-corrected chi connectivity index (χ4v) is 5.14. The van der Waals surface area contributed by atoms with Crippen molar-refractivity contribution < 1.29 is 13.9 Å². The summed E-state index contributed by atoms with van der Waals surface area (Å²) in [5.74, 6) is 0.799. The SMILES string of the molecule is Cc1ccn2nc([C@H](C)Nc3ncnc4[nH]cc(-c5cc(O)cc(NS(=O)[O-])c5)c34)n(-c3ccccc3)c(=O)c12. The summed E-state index contributed by atoms with van der Waals surface area (Å²) in [6, 6.07) is 15.1. The van der Waals surface area contributed by atoms with Gasteiger partial charge < -0.3 is 24.7 Å². The van der Waals surface area contributed by atoms with Crippen molar-refractivity contribution in [1.29, 1.82) is 0 Å². The van der Waals surface area contributed by atoms with Gasteiger partial charge >= 0.3 is 0 Å². The maximum atomic E-state index is 13.7. The van der Waals surface area contributed by atoms with Gasteiger partial charge in [-0.05, 0) is 55.3 Å². The Bertz CT molecular complexity index is 1970. The number of hydrogen-bond acceptors (Lipinski definition) is 8. The molecule has 0 aliphatic heterocycles. The highest BCUT2D eigenvalue weighted by molar-refractivity contribution is 7.80. The van der Waals surface area contributed by atoms with Gasteiger partial charge in [0.05, 0.1) is 17.1 Å². The predicted octanol–water partition coefficient (Wildman–Crippen LogP) is 3.82. The third kappa shape index (κ3) is 4.46. The van der Waals surface area contributed by atoms with Crippen molar-refractivity contribution in [3.63, 3.8) is 0 Å². The van der Waals surface area contributed by atoms with Gasteiger partial charge in [-0.2, -0.15) is 5.10 Å². The molecule has 0 amide bonds. The molecule has 0 saturated heterocycles. The number of aromatic hydroxyl groups is 1. The summed E-state index contributed by atoms with van der Waals surface area (Å²) in [5, 5.41) is 19.0. The van der Waals surface area contributed by atoms with Crippen LogP contribution in [0.4, 0.5) is 11.5 Å². The van der Waals surface area contributed by atoms with E-state index in [1.54, 1.807) is 27.5 Å². The van der Waals surface area contributed by atoms with E-state index in [4.69, 9.17) is 5.10 Å². The summed E-state index contributed by atoms with van der Waals surface area (Å²) >= 11 is -2.56. The Morgan fingerprint density at radius 3 is 2.70 bits per heavy atom. The monoisotopic (exact) mass is 555 g/mol. The standard InChI is InChI=1S/C27H24N8O4S/c1-15-8-9-34-23(15)27(37)35(19-6-4-3-5-7-19)26(32-34)16(2)31-25-22-21(13-28-24(22)29-14-30-25)17-10-18(33-40(38)39)12-20(36)11-17/h3-14,16,33,36H,1-2H3,(H,38,39)(H2,28,29,30,31)/p-1/t16-/m0/s1. The number of nitrogens with zero attached hydrogens (tertiary/aromatic N) is 5. The van der Waals surface area contributed by atoms with E-state index in [9.17, 15) is 18.7 Å². The molecule has 0 radical (unpaired) electrons. The van der Waals surface area contributed by atoms with Crippen LogP contribution in [0.15, 0.2) is 78.1 Å². The Hall–Kier alpha value is -5.01. The summed E-state index contributed by atoms with van der Waals surface area (Å²) < 4.78 is 27.8. The van der Waals surface area contributed by atoms with Gasteiger partial charge in [0.2, 0.25) is 0 Å². The summed E-state index contributed by atoms with van der Waals surface area (Å²) in [4.78, 5) is 25.6. The molecular weight excluding hydrogens is 532 g/mol. The number of phenolic OH excluding ortho intramolecular Hbond substituents is 1. The zero-order valence-corrected chi connectivity index (χ0v) is 22.1. The van der Waals surface area contributed by atoms with Crippen LogP contribution in [0.5, 0.6) is 5.75 Å². The molecule has 2 atom stereocenters. The predicted molar refractivity (Wildman–Crippen MR) is 151 cm³/mol. The number of hydrogen-bond donors (Lipinski definition) is 4. The lowest BCUT2D eigenvalue weighted by Gasteiger charge is -2.20. The van der Waals surface area contributed by atoms with Crippen LogP contribution in [0.2, 0.25) is 0 Å². The molecule has 13 heteroatoms. The van der Waals surface area contributed by atoms with Gasteiger partial charge in [-0.15, -0.1) is 0 Å². The second-order valence-corrected chi connectivity index (χ2v) is 9.92. The highest BCUT2D eigenvalue weighted by Crippen LogP contribution is 2.36. The van der Waals surface area contributed by atoms with Crippen LogP contribution in [0.25, 0.3) is 33.4 Å². The van der Waals surface area contributed by atoms with Crippen molar-refractivity contribution in [1.82, 2.24) is 29.1 Å². The van der Waals surface area contributed by atoms with Crippen molar-refractivity contribution in [3.05, 3.63) is 95.1 Å². The zero-order valence-electron chi connectivity index (χ0n) is 21.3. The van der Waals surface area contributed by atoms with Crippen molar-refractivity contribution in [2.24, 2.45) is 0 Å². The van der Waals surface area contributed by atoms with Crippen molar-refractivity contribution in [3.8, 4) is 22.6 Å². The molecule has 40 heavy (non-hydrogen) atoms. The number of aryl methyl sites for hydroxylation is 1. The van der Waals surface area contributed by atoms with E-state index in [-0.39, 0.29) is 17.0 Å². The van der Waals surface area contributed by atoms with E-state index in [1.165, 1.54) is 18.5 Å². The number of aromatic amines is 1. The quantitative estimate of drug-likeness (QED) is 0.216. The first-order valence-corrected chi connectivity index (χ1v) is 13.3. The maximum Gasteiger partial charge on any atom is 0.282 e. The Morgan fingerprint density at radius 1 is 1.12 bits per heavy atom. The van der Waals surface area contributed by atoms with Gasteiger partial charge in [-0.3, -0.25) is 13.6 Å². The third-order valence-electron chi connectivity index (χ3n) is 6.57. The topological polar surface area (TPSA) is 165 Å². The number of rotatable bonds is 7. The van der Waals surface area contributed by atoms with Crippen molar-refractivity contribution in [2.75, 3.05) is 10.0 Å². The summed E-state index contributed by atoms with van der Waals surface area (Å²) in [7, 11) is 0. The minimum atomic E-state index is -2.56. The van der Waals surface area contributed by atoms with Crippen LogP contribution >= 0.6 is 0 Å². The summed E-state index contributed by atoms with van der Waals surface area (Å²) in [6.07, 6.45) is 4.87. The lowest BCUT2D eigenvalue weighted by atomic mass is 10.0. The lowest BCUT2D eigenvalue weighted by Crippen LogP contribution is -2.29. The molecule has 1 unspecified atom stereocenters. The zero-order chi connectivity index (χ0) is 28.0. The first kappa shape index (κ1) is 25.3. The largest absolute Gasteiger partial charge is 0.755 e. The molecule has 6 aromatic rings. The maximum absolute atomic E-state index is 13.7. The molecule has 0 bridgehead atoms. The Morgan fingerprint density at radius 2 is 1.93 bits per heavy atom. The number of anilines is 2. The Balaban J connectivity index is 1.48. The van der Waals surface area contributed by atoms with E-state index in [2.05, 4.69) is 25.0 Å². The first-order chi connectivity index (χ1) is 19.3. The second kappa shape index (κ2) is 9.94. The van der Waals surface area contributed by atoms with Gasteiger partial charge in [0.1, 0.15) is 29.1 Å². The molecule has 0 aliphatic carbocycles. The molecule has 4 heterocycles. The molecule has 0 fully saturated rings. The molecule has 6 rings (SSSR count). The Kier molecular flexibility index (Phi) is 6.28. The third-order valence-corrected chi connectivity index (χ3v) is 6.97. The lowest BCUT2D eigenvalue weighted by molar-refractivity contribution is 0.476. The van der Waals surface area contributed by atoms with Crippen LogP contribution in [0.3, 0.4) is 0 Å². The van der Waals surface area contributed by atoms with Gasteiger partial charge in [0.15, 0.2) is 5.82 Å².